The molecule has 0 spiro atoms. The summed E-state index contributed by atoms with van der Waals surface area (Å²) < 4.78 is 11.2. The molecular formula is C27H26N4O9S2. The van der Waals surface area contributed by atoms with Crippen LogP contribution < -0.4 is 0 Å². The zero-order chi connectivity index (χ0) is 30.1. The number of hydrogen-bond donors (Lipinski definition) is 1. The van der Waals surface area contributed by atoms with Crippen molar-refractivity contribution >= 4 is 52.4 Å². The molecule has 3 aliphatic heterocycles. The largest absolute Gasteiger partial charge is 0.477 e. The number of hydrogen-bond acceptors (Lipinski definition) is 11. The van der Waals surface area contributed by atoms with Crippen molar-refractivity contribution in [2.24, 2.45) is 11.8 Å². The molecule has 5 rings (SSSR count). The van der Waals surface area contributed by atoms with E-state index < -0.39 is 28.0 Å². The van der Waals surface area contributed by atoms with E-state index in [1.807, 2.05) is 0 Å². The Balaban J connectivity index is 1.24. The van der Waals surface area contributed by atoms with Gasteiger partial charge in [0, 0.05) is 48.2 Å². The highest BCUT2D eigenvalue weighted by Crippen LogP contribution is 2.54. The van der Waals surface area contributed by atoms with Gasteiger partial charge < -0.3 is 19.5 Å². The Morgan fingerprint density at radius 3 is 2.05 bits per heavy atom. The van der Waals surface area contributed by atoms with Crippen LogP contribution in [-0.4, -0.2) is 66.4 Å². The maximum Gasteiger partial charge on any atom is 0.410 e. The number of nitrogens with zero attached hydrogens (tertiary/aromatic N) is 4. The fourth-order valence-electron chi connectivity index (χ4n) is 4.93. The molecule has 3 heterocycles. The average molecular weight is 615 g/mol. The van der Waals surface area contributed by atoms with E-state index in [2.05, 4.69) is 0 Å². The Labute approximate surface area is 249 Å². The van der Waals surface area contributed by atoms with Crippen molar-refractivity contribution in [3.63, 3.8) is 0 Å². The van der Waals surface area contributed by atoms with E-state index in [1.54, 1.807) is 24.0 Å². The van der Waals surface area contributed by atoms with Crippen LogP contribution >= 0.6 is 24.0 Å². The van der Waals surface area contributed by atoms with E-state index in [0.29, 0.717) is 36.3 Å². The molecule has 3 aliphatic rings. The molecule has 13 nitrogen and oxygen atoms in total. The monoisotopic (exact) mass is 614 g/mol. The highest BCUT2D eigenvalue weighted by molar-refractivity contribution is 8.04. The van der Waals surface area contributed by atoms with Crippen molar-refractivity contribution in [2.75, 3.05) is 13.1 Å². The first kappa shape index (κ1) is 29.4. The fourth-order valence-corrected chi connectivity index (χ4v) is 6.92. The number of aliphatic hydroxyl groups is 1. The number of fused-ring (bicyclic) bond motifs is 1. The summed E-state index contributed by atoms with van der Waals surface area (Å²) in [6.07, 6.45) is -0.913. The Hall–Kier alpha value is -4.08. The van der Waals surface area contributed by atoms with Gasteiger partial charge in [0.05, 0.1) is 21.9 Å². The van der Waals surface area contributed by atoms with E-state index in [1.165, 1.54) is 53.1 Å². The molecule has 220 valence electrons. The number of ether oxygens (including phenoxy) is 2. The number of carbonyl (C=O) groups excluding carboxylic acids is 2. The number of carbonyl (C=O) groups is 2. The minimum atomic E-state index is -0.797. The number of aliphatic hydroxyl groups excluding tert-OH is 1. The van der Waals surface area contributed by atoms with Gasteiger partial charge in [-0.15, -0.1) is 11.8 Å². The summed E-state index contributed by atoms with van der Waals surface area (Å²) in [7, 11) is 0. The Morgan fingerprint density at radius 2 is 1.55 bits per heavy atom. The van der Waals surface area contributed by atoms with Gasteiger partial charge in [0.25, 0.3) is 11.4 Å². The number of amides is 2. The molecule has 0 bridgehead atoms. The number of benzene rings is 2. The molecule has 2 fully saturated rings. The number of nitro benzene ring substituents is 2. The number of nitro groups is 2. The van der Waals surface area contributed by atoms with Gasteiger partial charge >= 0.3 is 6.09 Å². The van der Waals surface area contributed by atoms with Crippen LogP contribution in [0.15, 0.2) is 59.1 Å². The van der Waals surface area contributed by atoms with Crippen LogP contribution in [0.4, 0.5) is 16.2 Å². The maximum atomic E-state index is 13.1. The zero-order valence-corrected chi connectivity index (χ0v) is 23.9. The fraction of sp³-hybridized carbons (Fsp3) is 0.370. The van der Waals surface area contributed by atoms with Crippen molar-refractivity contribution in [1.29, 1.82) is 0 Å². The lowest BCUT2D eigenvalue weighted by molar-refractivity contribution is -0.385. The molecule has 3 atom stereocenters. The minimum Gasteiger partial charge on any atom is -0.477 e. The van der Waals surface area contributed by atoms with Crippen LogP contribution in [0.2, 0.25) is 0 Å². The summed E-state index contributed by atoms with van der Waals surface area (Å²) >= 11 is 7.03. The Kier molecular flexibility index (Phi) is 8.43. The Morgan fingerprint density at radius 1 is 1.02 bits per heavy atom. The third-order valence-electron chi connectivity index (χ3n) is 7.37. The van der Waals surface area contributed by atoms with E-state index in [0.717, 1.165) is 4.91 Å². The average Bonchev–Trinajstić information content (AvgIpc) is 3.29. The predicted molar refractivity (Wildman–Crippen MR) is 154 cm³/mol. The highest BCUT2D eigenvalue weighted by atomic mass is 32.2. The Bertz CT molecular complexity index is 1460. The summed E-state index contributed by atoms with van der Waals surface area (Å²) in [5.74, 6) is -0.949. The molecule has 15 heteroatoms. The van der Waals surface area contributed by atoms with Gasteiger partial charge in [0.2, 0.25) is 11.0 Å². The molecule has 1 N–H and O–H groups in total. The normalized spacial score (nSPS) is 20.4. The minimum absolute atomic E-state index is 0.0394. The van der Waals surface area contributed by atoms with E-state index >= 15 is 0 Å². The molecule has 0 unspecified atom stereocenters. The third-order valence-corrected chi connectivity index (χ3v) is 9.21. The number of thiocarbonyl (C=S) groups is 1. The van der Waals surface area contributed by atoms with Crippen molar-refractivity contribution < 1.29 is 34.0 Å². The SMILES string of the molecule is CC[C@H](O)[C@@H]1C(=O)N2C(C(=S)OCc3ccc([N+](=O)[O-])cc3)=C(C3CN(C(=O)OCc4ccc([N+](=O)[O-])cc4)C3)S[C@H]12. The van der Waals surface area contributed by atoms with Crippen molar-refractivity contribution in [3.05, 3.63) is 90.5 Å². The van der Waals surface area contributed by atoms with E-state index in [9.17, 15) is 34.9 Å². The van der Waals surface area contributed by atoms with Crippen molar-refractivity contribution in [1.82, 2.24) is 9.80 Å². The van der Waals surface area contributed by atoms with Crippen LogP contribution in [0.25, 0.3) is 0 Å². The number of thioether (sulfide) groups is 1. The standard InChI is InChI=1S/C27H26N4O9S2/c1-2-20(32)21-24(33)29-22(26(41)39-13-15-3-7-18(8-4-15)30(35)36)23(42-25(21)29)17-11-28(12-17)27(34)40-14-16-5-9-19(10-6-16)31(37)38/h3-10,17,20-21,25,32H,2,11-14H2,1H3/t20-,21+,25+/m0/s1. The molecule has 0 saturated carbocycles. The first-order chi connectivity index (χ1) is 20.1. The van der Waals surface area contributed by atoms with Gasteiger partial charge in [-0.2, -0.15) is 0 Å². The van der Waals surface area contributed by atoms with Crippen LogP contribution in [0.5, 0.6) is 0 Å². The highest BCUT2D eigenvalue weighted by Gasteiger charge is 2.59. The molecule has 0 aliphatic carbocycles. The van der Waals surface area contributed by atoms with Crippen LogP contribution in [0, 0.1) is 32.1 Å². The summed E-state index contributed by atoms with van der Waals surface area (Å²) in [5.41, 5.74) is 1.62. The third kappa shape index (κ3) is 5.67. The summed E-state index contributed by atoms with van der Waals surface area (Å²) in [4.78, 5) is 50.3. The predicted octanol–water partition coefficient (Wildman–Crippen LogP) is 4.13. The number of likely N-dealkylation sites (tertiary alicyclic amines) is 1. The quantitative estimate of drug-likeness (QED) is 0.177. The second kappa shape index (κ2) is 12.0. The molecule has 2 saturated heterocycles. The van der Waals surface area contributed by atoms with Gasteiger partial charge in [-0.05, 0) is 54.0 Å². The molecular weight excluding hydrogens is 588 g/mol. The topological polar surface area (TPSA) is 166 Å². The summed E-state index contributed by atoms with van der Waals surface area (Å²) in [5, 5.41) is 31.9. The molecule has 2 aromatic rings. The molecule has 42 heavy (non-hydrogen) atoms. The van der Waals surface area contributed by atoms with Gasteiger partial charge in [-0.3, -0.25) is 29.9 Å². The lowest BCUT2D eigenvalue weighted by atomic mass is 9.89. The second-order valence-electron chi connectivity index (χ2n) is 10.0. The van der Waals surface area contributed by atoms with Crippen LogP contribution in [0.3, 0.4) is 0 Å². The van der Waals surface area contributed by atoms with E-state index in [-0.39, 0.29) is 46.8 Å². The van der Waals surface area contributed by atoms with Gasteiger partial charge in [0.1, 0.15) is 24.3 Å². The first-order valence-electron chi connectivity index (χ1n) is 13.1. The molecule has 0 radical (unpaired) electrons. The van der Waals surface area contributed by atoms with Gasteiger partial charge in [-0.25, -0.2) is 4.79 Å². The van der Waals surface area contributed by atoms with Gasteiger partial charge in [-0.1, -0.05) is 6.92 Å². The summed E-state index contributed by atoms with van der Waals surface area (Å²) in [6, 6.07) is 11.6. The molecule has 2 aromatic carbocycles. The molecule has 0 aromatic heterocycles. The van der Waals surface area contributed by atoms with Crippen LogP contribution in [-0.2, 0) is 27.5 Å². The van der Waals surface area contributed by atoms with Crippen LogP contribution in [0.1, 0.15) is 24.5 Å². The lowest BCUT2D eigenvalue weighted by Gasteiger charge is -2.44. The zero-order valence-electron chi connectivity index (χ0n) is 22.3. The van der Waals surface area contributed by atoms with Crippen molar-refractivity contribution in [3.8, 4) is 0 Å². The maximum absolute atomic E-state index is 13.1. The number of rotatable bonds is 10. The lowest BCUT2D eigenvalue weighted by Crippen LogP contribution is -2.61. The first-order valence-corrected chi connectivity index (χ1v) is 14.3. The van der Waals surface area contributed by atoms with Crippen molar-refractivity contribution in [2.45, 2.75) is 38.0 Å². The molecule has 2 amide bonds. The van der Waals surface area contributed by atoms with E-state index in [4.69, 9.17) is 21.7 Å². The number of β-lactam (4-membered cyclic amide) rings is 1. The second-order valence-corrected chi connectivity index (χ2v) is 11.5. The number of non-ortho nitro benzene ring substituents is 2. The summed E-state index contributed by atoms with van der Waals surface area (Å²) in [6.45, 7) is 2.46. The van der Waals surface area contributed by atoms with Gasteiger partial charge in [0.15, 0.2) is 0 Å². The smallest absolute Gasteiger partial charge is 0.410 e.